The van der Waals surface area contributed by atoms with Crippen LogP contribution < -0.4 is 5.32 Å². The summed E-state index contributed by atoms with van der Waals surface area (Å²) in [4.78, 5) is 10.8. The number of halogens is 1. The van der Waals surface area contributed by atoms with Crippen molar-refractivity contribution in [3.05, 3.63) is 34.3 Å². The molecule has 0 saturated heterocycles. The third-order valence-corrected chi connectivity index (χ3v) is 3.21. The van der Waals surface area contributed by atoms with E-state index < -0.39 is 5.97 Å². The van der Waals surface area contributed by atoms with Crippen molar-refractivity contribution in [2.45, 2.75) is 26.4 Å². The van der Waals surface area contributed by atoms with Crippen LogP contribution >= 0.6 is 15.9 Å². The minimum atomic E-state index is -0.768. The molecule has 2 unspecified atom stereocenters. The Morgan fingerprint density at radius 3 is 2.44 bits per heavy atom. The Labute approximate surface area is 104 Å². The van der Waals surface area contributed by atoms with E-state index >= 15 is 0 Å². The third kappa shape index (κ3) is 3.94. The molecule has 0 aliphatic rings. The minimum absolute atomic E-state index is 0.0406. The van der Waals surface area contributed by atoms with Crippen molar-refractivity contribution in [1.82, 2.24) is 5.32 Å². The number of benzene rings is 1. The summed E-state index contributed by atoms with van der Waals surface area (Å²) in [6, 6.07) is 7.93. The molecule has 0 bridgehead atoms. The van der Waals surface area contributed by atoms with Crippen LogP contribution in [0.25, 0.3) is 0 Å². The van der Waals surface area contributed by atoms with Gasteiger partial charge in [-0.1, -0.05) is 35.0 Å². The van der Waals surface area contributed by atoms with Crippen LogP contribution in [-0.2, 0) is 11.3 Å². The standard InChI is InChI=1S/C12H16BrNO2/c1-8(12(15)16)9(2)14-7-10-3-5-11(13)6-4-10/h3-6,8-9,14H,7H2,1-2H3,(H,15,16). The lowest BCUT2D eigenvalue weighted by atomic mass is 10.0. The van der Waals surface area contributed by atoms with Crippen LogP contribution in [-0.4, -0.2) is 17.1 Å². The van der Waals surface area contributed by atoms with Gasteiger partial charge in [0.25, 0.3) is 0 Å². The lowest BCUT2D eigenvalue weighted by molar-refractivity contribution is -0.141. The molecule has 0 amide bonds. The molecule has 0 aromatic heterocycles. The average Bonchev–Trinajstić information content (AvgIpc) is 2.26. The van der Waals surface area contributed by atoms with Gasteiger partial charge in [0.05, 0.1) is 5.92 Å². The van der Waals surface area contributed by atoms with Gasteiger partial charge in [-0.25, -0.2) is 0 Å². The average molecular weight is 286 g/mol. The fourth-order valence-electron chi connectivity index (χ4n) is 1.27. The zero-order valence-electron chi connectivity index (χ0n) is 9.40. The van der Waals surface area contributed by atoms with Crippen molar-refractivity contribution in [1.29, 1.82) is 0 Å². The predicted octanol–water partition coefficient (Wildman–Crippen LogP) is 2.65. The van der Waals surface area contributed by atoms with Gasteiger partial charge in [-0.15, -0.1) is 0 Å². The van der Waals surface area contributed by atoms with Crippen LogP contribution in [0.5, 0.6) is 0 Å². The highest BCUT2D eigenvalue weighted by Crippen LogP contribution is 2.11. The Bertz CT molecular complexity index is 351. The highest BCUT2D eigenvalue weighted by molar-refractivity contribution is 9.10. The Morgan fingerprint density at radius 2 is 1.94 bits per heavy atom. The van der Waals surface area contributed by atoms with Crippen LogP contribution in [0, 0.1) is 5.92 Å². The lowest BCUT2D eigenvalue weighted by Crippen LogP contribution is -2.35. The molecule has 1 rings (SSSR count). The summed E-state index contributed by atoms with van der Waals surface area (Å²) >= 11 is 3.37. The van der Waals surface area contributed by atoms with Gasteiger partial charge < -0.3 is 10.4 Å². The van der Waals surface area contributed by atoms with Crippen LogP contribution in [0.3, 0.4) is 0 Å². The first-order chi connectivity index (χ1) is 7.50. The number of carbonyl (C=O) groups is 1. The smallest absolute Gasteiger partial charge is 0.307 e. The number of aliphatic carboxylic acids is 1. The van der Waals surface area contributed by atoms with E-state index in [1.807, 2.05) is 31.2 Å². The van der Waals surface area contributed by atoms with Gasteiger partial charge >= 0.3 is 5.97 Å². The number of nitrogens with one attached hydrogen (secondary N) is 1. The summed E-state index contributed by atoms with van der Waals surface area (Å²) in [6.45, 7) is 4.28. The second-order valence-corrected chi connectivity index (χ2v) is 4.84. The van der Waals surface area contributed by atoms with Crippen LogP contribution in [0.15, 0.2) is 28.7 Å². The number of carboxylic acids is 1. The molecule has 0 saturated carbocycles. The van der Waals surface area contributed by atoms with E-state index in [1.165, 1.54) is 0 Å². The molecule has 2 atom stereocenters. The number of rotatable bonds is 5. The van der Waals surface area contributed by atoms with Crippen molar-refractivity contribution >= 4 is 21.9 Å². The predicted molar refractivity (Wildman–Crippen MR) is 67.2 cm³/mol. The Hall–Kier alpha value is -0.870. The van der Waals surface area contributed by atoms with E-state index in [4.69, 9.17) is 5.11 Å². The Kier molecular flexibility index (Phi) is 4.96. The second-order valence-electron chi connectivity index (χ2n) is 3.92. The zero-order chi connectivity index (χ0) is 12.1. The van der Waals surface area contributed by atoms with Crippen LogP contribution in [0.1, 0.15) is 19.4 Å². The van der Waals surface area contributed by atoms with Crippen molar-refractivity contribution < 1.29 is 9.90 Å². The largest absolute Gasteiger partial charge is 0.481 e. The normalized spacial score (nSPS) is 14.4. The van der Waals surface area contributed by atoms with Crippen LogP contribution in [0.2, 0.25) is 0 Å². The number of hydrogen-bond donors (Lipinski definition) is 2. The van der Waals surface area contributed by atoms with Crippen molar-refractivity contribution in [3.8, 4) is 0 Å². The van der Waals surface area contributed by atoms with E-state index in [2.05, 4.69) is 21.2 Å². The SMILES string of the molecule is CC(NCc1ccc(Br)cc1)C(C)C(=O)O. The van der Waals surface area contributed by atoms with Gasteiger partial charge in [0.1, 0.15) is 0 Å². The monoisotopic (exact) mass is 285 g/mol. The molecule has 1 aromatic rings. The summed E-state index contributed by atoms with van der Waals surface area (Å²) in [6.07, 6.45) is 0. The second kappa shape index (κ2) is 6.01. The zero-order valence-corrected chi connectivity index (χ0v) is 11.0. The van der Waals surface area contributed by atoms with E-state index in [-0.39, 0.29) is 12.0 Å². The molecule has 4 heteroatoms. The highest BCUT2D eigenvalue weighted by atomic mass is 79.9. The van der Waals surface area contributed by atoms with Crippen molar-refractivity contribution in [3.63, 3.8) is 0 Å². The van der Waals surface area contributed by atoms with Crippen molar-refractivity contribution in [2.75, 3.05) is 0 Å². The minimum Gasteiger partial charge on any atom is -0.481 e. The quantitative estimate of drug-likeness (QED) is 0.875. The first-order valence-corrected chi connectivity index (χ1v) is 6.00. The maximum Gasteiger partial charge on any atom is 0.307 e. The first kappa shape index (κ1) is 13.2. The molecular formula is C12H16BrNO2. The number of hydrogen-bond acceptors (Lipinski definition) is 2. The molecule has 0 aliphatic carbocycles. The molecule has 0 radical (unpaired) electrons. The summed E-state index contributed by atoms with van der Waals surface area (Å²) in [5.41, 5.74) is 1.15. The number of carboxylic acid groups (broad SMARTS) is 1. The molecule has 3 nitrogen and oxygen atoms in total. The third-order valence-electron chi connectivity index (χ3n) is 2.68. The summed E-state index contributed by atoms with van der Waals surface area (Å²) < 4.78 is 1.04. The molecular weight excluding hydrogens is 270 g/mol. The Morgan fingerprint density at radius 1 is 1.38 bits per heavy atom. The van der Waals surface area contributed by atoms with Gasteiger partial charge in [-0.2, -0.15) is 0 Å². The maximum absolute atomic E-state index is 10.8. The summed E-state index contributed by atoms with van der Waals surface area (Å²) in [7, 11) is 0. The molecule has 0 heterocycles. The first-order valence-electron chi connectivity index (χ1n) is 5.21. The molecule has 0 aliphatic heterocycles. The van der Waals surface area contributed by atoms with Crippen LogP contribution in [0.4, 0.5) is 0 Å². The van der Waals surface area contributed by atoms with Crippen molar-refractivity contribution in [2.24, 2.45) is 5.92 Å². The molecule has 88 valence electrons. The molecule has 16 heavy (non-hydrogen) atoms. The lowest BCUT2D eigenvalue weighted by Gasteiger charge is -2.17. The highest BCUT2D eigenvalue weighted by Gasteiger charge is 2.18. The molecule has 1 aromatic carbocycles. The van der Waals surface area contributed by atoms with E-state index in [0.717, 1.165) is 10.0 Å². The van der Waals surface area contributed by atoms with Gasteiger partial charge in [0.2, 0.25) is 0 Å². The summed E-state index contributed by atoms with van der Waals surface area (Å²) in [5, 5.41) is 12.0. The maximum atomic E-state index is 10.8. The fourth-order valence-corrected chi connectivity index (χ4v) is 1.54. The van der Waals surface area contributed by atoms with E-state index in [9.17, 15) is 4.79 Å². The van der Waals surface area contributed by atoms with Gasteiger partial charge in [0, 0.05) is 17.1 Å². The van der Waals surface area contributed by atoms with E-state index in [1.54, 1.807) is 6.92 Å². The van der Waals surface area contributed by atoms with E-state index in [0.29, 0.717) is 6.54 Å². The molecule has 0 fully saturated rings. The topological polar surface area (TPSA) is 49.3 Å². The van der Waals surface area contributed by atoms with Gasteiger partial charge in [0.15, 0.2) is 0 Å². The molecule has 0 spiro atoms. The van der Waals surface area contributed by atoms with Gasteiger partial charge in [-0.05, 0) is 24.6 Å². The fraction of sp³-hybridized carbons (Fsp3) is 0.417. The summed E-state index contributed by atoms with van der Waals surface area (Å²) in [5.74, 6) is -1.15. The Balaban J connectivity index is 2.45. The van der Waals surface area contributed by atoms with Gasteiger partial charge in [-0.3, -0.25) is 4.79 Å². The molecule has 2 N–H and O–H groups in total.